The van der Waals surface area contributed by atoms with Gasteiger partial charge in [-0.3, -0.25) is 4.79 Å². The molecule has 0 unspecified atom stereocenters. The van der Waals surface area contributed by atoms with Crippen molar-refractivity contribution in [1.29, 1.82) is 0 Å². The summed E-state index contributed by atoms with van der Waals surface area (Å²) in [4.78, 5) is 11.7. The van der Waals surface area contributed by atoms with Gasteiger partial charge in [0.25, 0.3) is 0 Å². The zero-order valence-corrected chi connectivity index (χ0v) is 12.2. The minimum Gasteiger partial charge on any atom is -0.381 e. The summed E-state index contributed by atoms with van der Waals surface area (Å²) >= 11 is 0. The van der Waals surface area contributed by atoms with E-state index in [0.717, 1.165) is 38.9 Å². The summed E-state index contributed by atoms with van der Waals surface area (Å²) < 4.78 is 10.9. The molecule has 3 N–H and O–H groups in total. The molecular formula is C14H28N2O3. The zero-order chi connectivity index (χ0) is 14.1. The topological polar surface area (TPSA) is 73.6 Å². The second kappa shape index (κ2) is 8.51. The van der Waals surface area contributed by atoms with Crippen molar-refractivity contribution < 1.29 is 14.3 Å². The van der Waals surface area contributed by atoms with Crippen molar-refractivity contribution in [3.05, 3.63) is 0 Å². The average Bonchev–Trinajstić information content (AvgIpc) is 2.46. The van der Waals surface area contributed by atoms with E-state index in [9.17, 15) is 4.79 Å². The van der Waals surface area contributed by atoms with Crippen LogP contribution in [0.5, 0.6) is 0 Å². The van der Waals surface area contributed by atoms with E-state index in [1.807, 2.05) is 13.8 Å². The van der Waals surface area contributed by atoms with Gasteiger partial charge in [-0.1, -0.05) is 13.8 Å². The summed E-state index contributed by atoms with van der Waals surface area (Å²) in [6.07, 6.45) is 4.24. The van der Waals surface area contributed by atoms with Gasteiger partial charge in [-0.15, -0.1) is 0 Å². The van der Waals surface area contributed by atoms with Gasteiger partial charge in [-0.05, 0) is 25.7 Å². The van der Waals surface area contributed by atoms with Crippen molar-refractivity contribution in [2.45, 2.75) is 57.6 Å². The zero-order valence-electron chi connectivity index (χ0n) is 12.2. The molecule has 1 heterocycles. The lowest BCUT2D eigenvalue weighted by molar-refractivity contribution is -0.123. The number of carbonyl (C=O) groups is 1. The van der Waals surface area contributed by atoms with Crippen molar-refractivity contribution in [3.63, 3.8) is 0 Å². The molecule has 19 heavy (non-hydrogen) atoms. The third kappa shape index (κ3) is 6.36. The largest absolute Gasteiger partial charge is 0.381 e. The molecule has 0 bridgehead atoms. The first-order valence-electron chi connectivity index (χ1n) is 7.34. The second-order valence-electron chi connectivity index (χ2n) is 5.28. The van der Waals surface area contributed by atoms with Crippen LogP contribution in [0.4, 0.5) is 0 Å². The van der Waals surface area contributed by atoms with Gasteiger partial charge in [0.15, 0.2) is 0 Å². The maximum Gasteiger partial charge on any atom is 0.222 e. The Morgan fingerprint density at radius 2 is 2.00 bits per heavy atom. The lowest BCUT2D eigenvalue weighted by Crippen LogP contribution is -2.49. The molecule has 0 aromatic rings. The lowest BCUT2D eigenvalue weighted by Gasteiger charge is -2.27. The molecule has 1 rings (SSSR count). The van der Waals surface area contributed by atoms with E-state index in [2.05, 4.69) is 5.32 Å². The number of ether oxygens (including phenoxy) is 2. The first-order valence-corrected chi connectivity index (χ1v) is 7.34. The summed E-state index contributed by atoms with van der Waals surface area (Å²) in [6.45, 7) is 6.63. The van der Waals surface area contributed by atoms with Gasteiger partial charge in [0.05, 0.1) is 12.7 Å². The van der Waals surface area contributed by atoms with Crippen molar-refractivity contribution in [2.24, 2.45) is 5.73 Å². The lowest BCUT2D eigenvalue weighted by atomic mass is 9.94. The van der Waals surface area contributed by atoms with Gasteiger partial charge in [0.2, 0.25) is 5.91 Å². The average molecular weight is 272 g/mol. The van der Waals surface area contributed by atoms with Crippen LogP contribution in [-0.2, 0) is 14.3 Å². The maximum atomic E-state index is 11.7. The van der Waals surface area contributed by atoms with Crippen LogP contribution in [0.15, 0.2) is 0 Å². The number of hydrogen-bond acceptors (Lipinski definition) is 4. The fourth-order valence-electron chi connectivity index (χ4n) is 2.02. The predicted octanol–water partition coefficient (Wildman–Crippen LogP) is 1.21. The summed E-state index contributed by atoms with van der Waals surface area (Å²) in [5, 5.41) is 2.89. The van der Waals surface area contributed by atoms with Gasteiger partial charge in [0, 0.05) is 31.7 Å². The van der Waals surface area contributed by atoms with Crippen LogP contribution in [-0.4, -0.2) is 43.9 Å². The van der Waals surface area contributed by atoms with E-state index in [-0.39, 0.29) is 17.6 Å². The Labute approximate surface area is 116 Å². The SMILES string of the molecule is CCC(N)(CC)CNC(=O)CCOC1CCOCC1. The highest BCUT2D eigenvalue weighted by molar-refractivity contribution is 5.76. The van der Waals surface area contributed by atoms with Crippen LogP contribution in [0.3, 0.4) is 0 Å². The molecule has 5 nitrogen and oxygen atoms in total. The Kier molecular flexibility index (Phi) is 7.34. The number of hydrogen-bond donors (Lipinski definition) is 2. The molecule has 0 saturated carbocycles. The van der Waals surface area contributed by atoms with Gasteiger partial charge >= 0.3 is 0 Å². The van der Waals surface area contributed by atoms with Crippen LogP contribution >= 0.6 is 0 Å². The molecule has 0 atom stereocenters. The van der Waals surface area contributed by atoms with Crippen LogP contribution in [0.2, 0.25) is 0 Å². The molecule has 1 aliphatic rings. The van der Waals surface area contributed by atoms with Gasteiger partial charge < -0.3 is 20.5 Å². The fourth-order valence-corrected chi connectivity index (χ4v) is 2.02. The molecule has 112 valence electrons. The molecule has 1 fully saturated rings. The Hall–Kier alpha value is -0.650. The molecule has 0 aliphatic carbocycles. The Balaban J connectivity index is 2.10. The number of carbonyl (C=O) groups excluding carboxylic acids is 1. The molecule has 0 radical (unpaired) electrons. The normalized spacial score (nSPS) is 17.4. The van der Waals surface area contributed by atoms with Gasteiger partial charge in [0.1, 0.15) is 0 Å². The summed E-state index contributed by atoms with van der Waals surface area (Å²) in [6, 6.07) is 0. The highest BCUT2D eigenvalue weighted by atomic mass is 16.5. The van der Waals surface area contributed by atoms with E-state index < -0.39 is 0 Å². The summed E-state index contributed by atoms with van der Waals surface area (Å²) in [5.41, 5.74) is 5.85. The molecule has 5 heteroatoms. The molecule has 0 aromatic heterocycles. The summed E-state index contributed by atoms with van der Waals surface area (Å²) in [5.74, 6) is 0.0174. The first kappa shape index (κ1) is 16.4. The minimum atomic E-state index is -0.281. The Bertz CT molecular complexity index is 261. The number of nitrogens with one attached hydrogen (secondary N) is 1. The molecular weight excluding hydrogens is 244 g/mol. The van der Waals surface area contributed by atoms with Crippen molar-refractivity contribution in [2.75, 3.05) is 26.4 Å². The van der Waals surface area contributed by atoms with Crippen molar-refractivity contribution in [1.82, 2.24) is 5.32 Å². The van der Waals surface area contributed by atoms with E-state index in [1.54, 1.807) is 0 Å². The highest BCUT2D eigenvalue weighted by Crippen LogP contribution is 2.11. The predicted molar refractivity (Wildman–Crippen MR) is 74.9 cm³/mol. The van der Waals surface area contributed by atoms with Crippen LogP contribution in [0.25, 0.3) is 0 Å². The molecule has 1 aliphatic heterocycles. The van der Waals surface area contributed by atoms with E-state index >= 15 is 0 Å². The van der Waals surface area contributed by atoms with E-state index in [4.69, 9.17) is 15.2 Å². The van der Waals surface area contributed by atoms with Gasteiger partial charge in [-0.25, -0.2) is 0 Å². The number of rotatable bonds is 8. The first-order chi connectivity index (χ1) is 9.09. The smallest absolute Gasteiger partial charge is 0.222 e. The maximum absolute atomic E-state index is 11.7. The Morgan fingerprint density at radius 3 is 2.58 bits per heavy atom. The molecule has 0 aromatic carbocycles. The monoisotopic (exact) mass is 272 g/mol. The van der Waals surface area contributed by atoms with Gasteiger partial charge in [-0.2, -0.15) is 0 Å². The standard InChI is InChI=1S/C14H28N2O3/c1-3-14(15,4-2)11-16-13(17)7-10-19-12-5-8-18-9-6-12/h12H,3-11,15H2,1-2H3,(H,16,17). The second-order valence-corrected chi connectivity index (χ2v) is 5.28. The number of amides is 1. The highest BCUT2D eigenvalue weighted by Gasteiger charge is 2.21. The minimum absolute atomic E-state index is 0.0174. The van der Waals surface area contributed by atoms with E-state index in [0.29, 0.717) is 19.6 Å². The molecule has 1 saturated heterocycles. The Morgan fingerprint density at radius 1 is 1.37 bits per heavy atom. The molecule has 1 amide bonds. The quantitative estimate of drug-likeness (QED) is 0.696. The number of nitrogens with two attached hydrogens (primary N) is 1. The third-order valence-corrected chi connectivity index (χ3v) is 3.90. The summed E-state index contributed by atoms with van der Waals surface area (Å²) in [7, 11) is 0. The van der Waals surface area contributed by atoms with E-state index in [1.165, 1.54) is 0 Å². The fraction of sp³-hybridized carbons (Fsp3) is 0.929. The van der Waals surface area contributed by atoms with Crippen LogP contribution in [0, 0.1) is 0 Å². The van der Waals surface area contributed by atoms with Crippen LogP contribution in [0.1, 0.15) is 46.0 Å². The third-order valence-electron chi connectivity index (χ3n) is 3.90. The molecule has 0 spiro atoms. The van der Waals surface area contributed by atoms with Crippen molar-refractivity contribution >= 4 is 5.91 Å². The van der Waals surface area contributed by atoms with Crippen molar-refractivity contribution in [3.8, 4) is 0 Å². The van der Waals surface area contributed by atoms with Crippen LogP contribution < -0.4 is 11.1 Å².